The normalized spacial score (nSPS) is 13.3. The summed E-state index contributed by atoms with van der Waals surface area (Å²) in [6.45, 7) is 8.84. The first-order chi connectivity index (χ1) is 8.88. The van der Waals surface area contributed by atoms with Gasteiger partial charge in [-0.05, 0) is 36.1 Å². The summed E-state index contributed by atoms with van der Waals surface area (Å²) in [5, 5.41) is 7.71. The van der Waals surface area contributed by atoms with Crippen LogP contribution >= 0.6 is 0 Å². The zero-order valence-electron chi connectivity index (χ0n) is 12.4. The van der Waals surface area contributed by atoms with Gasteiger partial charge in [0.25, 0.3) is 0 Å². The maximum atomic E-state index is 4.20. The number of nitrogens with zero attached hydrogens (tertiary/aromatic N) is 2. The fourth-order valence-electron chi connectivity index (χ4n) is 2.20. The highest BCUT2D eigenvalue weighted by molar-refractivity contribution is 5.47. The highest BCUT2D eigenvalue weighted by atomic mass is 15.3. The lowest BCUT2D eigenvalue weighted by Crippen LogP contribution is -2.13. The SMILES string of the molecule is CC(Nc1ccc(C(C)(C)C)cc1)c1ccnn1C. The molecular weight excluding hydrogens is 234 g/mol. The van der Waals surface area contributed by atoms with E-state index >= 15 is 0 Å². The first-order valence-electron chi connectivity index (χ1n) is 6.73. The largest absolute Gasteiger partial charge is 0.377 e. The number of hydrogen-bond acceptors (Lipinski definition) is 2. The van der Waals surface area contributed by atoms with Crippen LogP contribution < -0.4 is 5.32 Å². The summed E-state index contributed by atoms with van der Waals surface area (Å²) in [4.78, 5) is 0. The molecule has 2 rings (SSSR count). The number of nitrogens with one attached hydrogen (secondary N) is 1. The average Bonchev–Trinajstić information content (AvgIpc) is 2.75. The van der Waals surface area contributed by atoms with E-state index in [0.29, 0.717) is 0 Å². The van der Waals surface area contributed by atoms with Crippen molar-refractivity contribution < 1.29 is 0 Å². The molecule has 0 fully saturated rings. The van der Waals surface area contributed by atoms with Crippen LogP contribution in [-0.4, -0.2) is 9.78 Å². The molecular formula is C16H23N3. The van der Waals surface area contributed by atoms with E-state index in [4.69, 9.17) is 0 Å². The third kappa shape index (κ3) is 3.16. The number of aryl methyl sites for hydroxylation is 1. The Morgan fingerprint density at radius 2 is 1.74 bits per heavy atom. The number of hydrogen-bond donors (Lipinski definition) is 1. The fourth-order valence-corrected chi connectivity index (χ4v) is 2.20. The van der Waals surface area contributed by atoms with Crippen LogP contribution in [0.1, 0.15) is 45.0 Å². The van der Waals surface area contributed by atoms with Crippen LogP contribution in [0.25, 0.3) is 0 Å². The second kappa shape index (κ2) is 5.08. The molecule has 3 heteroatoms. The van der Waals surface area contributed by atoms with Crippen LogP contribution in [0, 0.1) is 0 Å². The second-order valence-electron chi connectivity index (χ2n) is 6.07. The monoisotopic (exact) mass is 257 g/mol. The van der Waals surface area contributed by atoms with Gasteiger partial charge in [0.1, 0.15) is 0 Å². The molecule has 19 heavy (non-hydrogen) atoms. The summed E-state index contributed by atoms with van der Waals surface area (Å²) in [5.74, 6) is 0. The van der Waals surface area contributed by atoms with E-state index < -0.39 is 0 Å². The quantitative estimate of drug-likeness (QED) is 0.904. The van der Waals surface area contributed by atoms with Gasteiger partial charge in [0.2, 0.25) is 0 Å². The molecule has 0 saturated carbocycles. The summed E-state index contributed by atoms with van der Waals surface area (Å²) in [7, 11) is 1.97. The predicted octanol–water partition coefficient (Wildman–Crippen LogP) is 3.89. The standard InChI is InChI=1S/C16H23N3/c1-12(15-10-11-17-19(15)5)18-14-8-6-13(7-9-14)16(2,3)4/h6-12,18H,1-5H3. The van der Waals surface area contributed by atoms with Gasteiger partial charge in [0, 0.05) is 18.9 Å². The van der Waals surface area contributed by atoms with Crippen LogP contribution in [0.15, 0.2) is 36.5 Å². The van der Waals surface area contributed by atoms with Crippen LogP contribution in [-0.2, 0) is 12.5 Å². The zero-order valence-corrected chi connectivity index (χ0v) is 12.4. The fraction of sp³-hybridized carbons (Fsp3) is 0.438. The van der Waals surface area contributed by atoms with E-state index in [1.165, 1.54) is 11.3 Å². The summed E-state index contributed by atoms with van der Waals surface area (Å²) >= 11 is 0. The molecule has 1 aromatic heterocycles. The third-order valence-electron chi connectivity index (χ3n) is 3.44. The molecule has 3 nitrogen and oxygen atoms in total. The van der Waals surface area contributed by atoms with E-state index in [0.717, 1.165) is 5.69 Å². The molecule has 0 saturated heterocycles. The van der Waals surface area contributed by atoms with Gasteiger partial charge in [0.15, 0.2) is 0 Å². The molecule has 1 unspecified atom stereocenters. The smallest absolute Gasteiger partial charge is 0.0653 e. The van der Waals surface area contributed by atoms with Crippen molar-refractivity contribution in [2.75, 3.05) is 5.32 Å². The molecule has 0 spiro atoms. The molecule has 102 valence electrons. The molecule has 1 N–H and O–H groups in total. The van der Waals surface area contributed by atoms with E-state index in [1.807, 2.05) is 24.0 Å². The van der Waals surface area contributed by atoms with Crippen molar-refractivity contribution in [1.82, 2.24) is 9.78 Å². The van der Waals surface area contributed by atoms with Crippen LogP contribution in [0.4, 0.5) is 5.69 Å². The first kappa shape index (κ1) is 13.7. The Morgan fingerprint density at radius 3 is 2.21 bits per heavy atom. The van der Waals surface area contributed by atoms with Gasteiger partial charge in [-0.3, -0.25) is 4.68 Å². The van der Waals surface area contributed by atoms with Crippen molar-refractivity contribution in [2.45, 2.75) is 39.2 Å². The Hall–Kier alpha value is -1.77. The predicted molar refractivity (Wildman–Crippen MR) is 80.4 cm³/mol. The maximum Gasteiger partial charge on any atom is 0.0653 e. The van der Waals surface area contributed by atoms with E-state index in [2.05, 4.69) is 62.4 Å². The molecule has 1 aromatic carbocycles. The molecule has 0 amide bonds. The van der Waals surface area contributed by atoms with Crippen molar-refractivity contribution in [1.29, 1.82) is 0 Å². The average molecular weight is 257 g/mol. The Bertz CT molecular complexity index is 532. The highest BCUT2D eigenvalue weighted by Crippen LogP contribution is 2.25. The van der Waals surface area contributed by atoms with Gasteiger partial charge in [-0.15, -0.1) is 0 Å². The minimum atomic E-state index is 0.201. The third-order valence-corrected chi connectivity index (χ3v) is 3.44. The lowest BCUT2D eigenvalue weighted by Gasteiger charge is -2.20. The number of anilines is 1. The van der Waals surface area contributed by atoms with Crippen molar-refractivity contribution in [3.63, 3.8) is 0 Å². The molecule has 0 aliphatic rings. The number of benzene rings is 1. The highest BCUT2D eigenvalue weighted by Gasteiger charge is 2.13. The van der Waals surface area contributed by atoms with Crippen molar-refractivity contribution >= 4 is 5.69 Å². The summed E-state index contributed by atoms with van der Waals surface area (Å²) in [5.41, 5.74) is 3.87. The first-order valence-corrected chi connectivity index (χ1v) is 6.73. The van der Waals surface area contributed by atoms with Crippen LogP contribution in [0.5, 0.6) is 0 Å². The van der Waals surface area contributed by atoms with Crippen molar-refractivity contribution in [3.8, 4) is 0 Å². The maximum absolute atomic E-state index is 4.20. The molecule has 0 bridgehead atoms. The molecule has 0 radical (unpaired) electrons. The Labute approximate surface area is 115 Å². The van der Waals surface area contributed by atoms with Gasteiger partial charge in [0.05, 0.1) is 11.7 Å². The Morgan fingerprint density at radius 1 is 1.11 bits per heavy atom. The van der Waals surface area contributed by atoms with Gasteiger partial charge in [-0.2, -0.15) is 5.10 Å². The van der Waals surface area contributed by atoms with E-state index in [9.17, 15) is 0 Å². The van der Waals surface area contributed by atoms with Gasteiger partial charge in [-0.25, -0.2) is 0 Å². The minimum Gasteiger partial charge on any atom is -0.377 e. The van der Waals surface area contributed by atoms with Crippen molar-refractivity contribution in [2.24, 2.45) is 7.05 Å². The lowest BCUT2D eigenvalue weighted by atomic mass is 9.87. The van der Waals surface area contributed by atoms with Gasteiger partial charge < -0.3 is 5.32 Å². The molecule has 2 aromatic rings. The zero-order chi connectivity index (χ0) is 14.0. The van der Waals surface area contributed by atoms with Crippen LogP contribution in [0.3, 0.4) is 0 Å². The Kier molecular flexibility index (Phi) is 3.65. The van der Waals surface area contributed by atoms with Gasteiger partial charge in [-0.1, -0.05) is 32.9 Å². The summed E-state index contributed by atoms with van der Waals surface area (Å²) in [6.07, 6.45) is 1.83. The van der Waals surface area contributed by atoms with Crippen molar-refractivity contribution in [3.05, 3.63) is 47.8 Å². The molecule has 1 atom stereocenters. The molecule has 0 aliphatic heterocycles. The number of rotatable bonds is 3. The second-order valence-corrected chi connectivity index (χ2v) is 6.07. The summed E-state index contributed by atoms with van der Waals surface area (Å²) in [6, 6.07) is 11.0. The lowest BCUT2D eigenvalue weighted by molar-refractivity contribution is 0.590. The molecule has 0 aliphatic carbocycles. The van der Waals surface area contributed by atoms with Crippen LogP contribution in [0.2, 0.25) is 0 Å². The summed E-state index contributed by atoms with van der Waals surface area (Å²) < 4.78 is 1.90. The van der Waals surface area contributed by atoms with E-state index in [-0.39, 0.29) is 11.5 Å². The Balaban J connectivity index is 2.10. The topological polar surface area (TPSA) is 29.9 Å². The number of aromatic nitrogens is 2. The van der Waals surface area contributed by atoms with E-state index in [1.54, 1.807) is 0 Å². The molecule has 1 heterocycles. The van der Waals surface area contributed by atoms with Gasteiger partial charge >= 0.3 is 0 Å². The minimum absolute atomic E-state index is 0.201.